The Labute approximate surface area is 127 Å². The Hall–Kier alpha value is -1.72. The van der Waals surface area contributed by atoms with Crippen LogP contribution in [0.1, 0.15) is 14.5 Å². The zero-order valence-electron chi connectivity index (χ0n) is 11.5. The normalized spacial score (nSPS) is 10.4. The van der Waals surface area contributed by atoms with Gasteiger partial charge >= 0.3 is 0 Å². The van der Waals surface area contributed by atoms with Crippen LogP contribution in [0.3, 0.4) is 0 Å². The number of hydrogen-bond acceptors (Lipinski definition) is 4. The van der Waals surface area contributed by atoms with Crippen molar-refractivity contribution in [3.05, 3.63) is 39.0 Å². The first kappa shape index (κ1) is 14.7. The van der Waals surface area contributed by atoms with E-state index in [0.717, 1.165) is 10.6 Å². The summed E-state index contributed by atoms with van der Waals surface area (Å²) in [5.74, 6) is -0.177. The molecule has 6 heteroatoms. The molecule has 1 aromatic heterocycles. The fourth-order valence-electron chi connectivity index (χ4n) is 1.75. The molecule has 1 heterocycles. The fraction of sp³-hybridized carbons (Fsp3) is 0.214. The average Bonchev–Trinajstić information content (AvgIpc) is 2.69. The molecule has 0 atom stereocenters. The van der Waals surface area contributed by atoms with Gasteiger partial charge in [-0.1, -0.05) is 11.6 Å². The molecular weight excluding hydrogens is 294 g/mol. The number of rotatable bonds is 3. The summed E-state index contributed by atoms with van der Waals surface area (Å²) in [6.07, 6.45) is 0. The van der Waals surface area contributed by atoms with Gasteiger partial charge in [-0.3, -0.25) is 4.79 Å². The molecule has 3 N–H and O–H groups in total. The summed E-state index contributed by atoms with van der Waals surface area (Å²) < 4.78 is 0. The number of benzene rings is 1. The van der Waals surface area contributed by atoms with Crippen molar-refractivity contribution in [1.82, 2.24) is 0 Å². The predicted octanol–water partition coefficient (Wildman–Crippen LogP) is 3.61. The Morgan fingerprint density at radius 1 is 1.35 bits per heavy atom. The van der Waals surface area contributed by atoms with E-state index in [9.17, 15) is 4.79 Å². The molecule has 0 spiro atoms. The Bertz CT molecular complexity index is 632. The Kier molecular flexibility index (Phi) is 4.20. The van der Waals surface area contributed by atoms with Gasteiger partial charge in [-0.2, -0.15) is 0 Å². The second-order valence-electron chi connectivity index (χ2n) is 4.64. The number of nitrogens with zero attached hydrogens (tertiary/aromatic N) is 1. The highest BCUT2D eigenvalue weighted by Gasteiger charge is 2.12. The highest BCUT2D eigenvalue weighted by Crippen LogP contribution is 2.28. The summed E-state index contributed by atoms with van der Waals surface area (Å²) >= 11 is 7.55. The van der Waals surface area contributed by atoms with Crippen LogP contribution in [0.2, 0.25) is 5.02 Å². The number of nitrogens with two attached hydrogens (primary N) is 1. The van der Waals surface area contributed by atoms with Gasteiger partial charge in [-0.15, -0.1) is 11.3 Å². The molecule has 0 radical (unpaired) electrons. The monoisotopic (exact) mass is 309 g/mol. The summed E-state index contributed by atoms with van der Waals surface area (Å²) in [4.78, 5) is 15.5. The molecule has 0 fully saturated rings. The van der Waals surface area contributed by atoms with Crippen LogP contribution in [0.25, 0.3) is 0 Å². The Morgan fingerprint density at radius 3 is 2.55 bits per heavy atom. The summed E-state index contributed by atoms with van der Waals surface area (Å²) in [5, 5.41) is 3.41. The zero-order valence-corrected chi connectivity index (χ0v) is 13.1. The van der Waals surface area contributed by atoms with Crippen molar-refractivity contribution in [2.24, 2.45) is 0 Å². The molecule has 0 saturated carbocycles. The number of anilines is 3. The molecule has 0 aliphatic rings. The number of nitrogen functional groups attached to an aromatic ring is 1. The van der Waals surface area contributed by atoms with Crippen LogP contribution in [0.5, 0.6) is 0 Å². The lowest BCUT2D eigenvalue weighted by atomic mass is 10.2. The third kappa shape index (κ3) is 3.05. The number of carbonyl (C=O) groups is 1. The standard InChI is InChI=1S/C14H16ClN3OS/c1-8-11(16)7-13(20-8)14(19)17-9-4-5-12(18(2)3)10(15)6-9/h4-7H,16H2,1-3H3,(H,17,19). The van der Waals surface area contributed by atoms with E-state index in [1.54, 1.807) is 12.1 Å². The molecule has 0 bridgehead atoms. The van der Waals surface area contributed by atoms with Gasteiger partial charge in [0.1, 0.15) is 0 Å². The molecule has 0 aliphatic heterocycles. The van der Waals surface area contributed by atoms with Gasteiger partial charge in [0, 0.05) is 30.3 Å². The van der Waals surface area contributed by atoms with Crippen molar-refractivity contribution in [2.75, 3.05) is 30.0 Å². The summed E-state index contributed by atoms with van der Waals surface area (Å²) in [5.41, 5.74) is 7.96. The molecule has 20 heavy (non-hydrogen) atoms. The number of carbonyl (C=O) groups excluding carboxylic acids is 1. The first-order valence-electron chi connectivity index (χ1n) is 6.02. The van der Waals surface area contributed by atoms with Crippen LogP contribution >= 0.6 is 22.9 Å². The van der Waals surface area contributed by atoms with Crippen LogP contribution in [-0.2, 0) is 0 Å². The maximum atomic E-state index is 12.1. The smallest absolute Gasteiger partial charge is 0.265 e. The maximum absolute atomic E-state index is 12.1. The van der Waals surface area contributed by atoms with Gasteiger partial charge in [-0.05, 0) is 31.2 Å². The number of thiophene rings is 1. The van der Waals surface area contributed by atoms with Crippen LogP contribution < -0.4 is 16.0 Å². The van der Waals surface area contributed by atoms with Gasteiger partial charge in [0.2, 0.25) is 0 Å². The summed E-state index contributed by atoms with van der Waals surface area (Å²) in [6, 6.07) is 7.11. The number of amides is 1. The van der Waals surface area contributed by atoms with Crippen LogP contribution in [-0.4, -0.2) is 20.0 Å². The SMILES string of the molecule is Cc1sc(C(=O)Nc2ccc(N(C)C)c(Cl)c2)cc1N. The van der Waals surface area contributed by atoms with Gasteiger partial charge in [0.15, 0.2) is 0 Å². The first-order valence-corrected chi connectivity index (χ1v) is 7.22. The van der Waals surface area contributed by atoms with Gasteiger partial charge in [-0.25, -0.2) is 0 Å². The zero-order chi connectivity index (χ0) is 14.9. The third-order valence-electron chi connectivity index (χ3n) is 2.87. The molecule has 2 rings (SSSR count). The van der Waals surface area contributed by atoms with Crippen molar-refractivity contribution in [3.63, 3.8) is 0 Å². The van der Waals surface area contributed by atoms with Crippen molar-refractivity contribution < 1.29 is 4.79 Å². The van der Waals surface area contributed by atoms with Crippen molar-refractivity contribution in [3.8, 4) is 0 Å². The van der Waals surface area contributed by atoms with Gasteiger partial charge in [0.05, 0.1) is 15.6 Å². The Morgan fingerprint density at radius 2 is 2.05 bits per heavy atom. The molecule has 106 valence electrons. The summed E-state index contributed by atoms with van der Waals surface area (Å²) in [6.45, 7) is 1.89. The molecule has 0 aliphatic carbocycles. The minimum atomic E-state index is -0.177. The minimum absolute atomic E-state index is 0.177. The van der Waals surface area contributed by atoms with Gasteiger partial charge < -0.3 is 16.0 Å². The molecular formula is C14H16ClN3OS. The van der Waals surface area contributed by atoms with Crippen molar-refractivity contribution >= 4 is 45.9 Å². The number of aryl methyl sites for hydroxylation is 1. The van der Waals surface area contributed by atoms with E-state index in [2.05, 4.69) is 5.32 Å². The van der Waals surface area contributed by atoms with E-state index in [4.69, 9.17) is 17.3 Å². The fourth-order valence-corrected chi connectivity index (χ4v) is 2.93. The molecule has 1 amide bonds. The van der Waals surface area contributed by atoms with E-state index in [1.807, 2.05) is 38.1 Å². The quantitative estimate of drug-likeness (QED) is 0.910. The second-order valence-corrected chi connectivity index (χ2v) is 6.30. The van der Waals surface area contributed by atoms with E-state index in [-0.39, 0.29) is 5.91 Å². The van der Waals surface area contributed by atoms with E-state index >= 15 is 0 Å². The summed E-state index contributed by atoms with van der Waals surface area (Å²) in [7, 11) is 3.83. The highest BCUT2D eigenvalue weighted by atomic mass is 35.5. The molecule has 0 unspecified atom stereocenters. The van der Waals surface area contributed by atoms with Crippen molar-refractivity contribution in [1.29, 1.82) is 0 Å². The van der Waals surface area contributed by atoms with Gasteiger partial charge in [0.25, 0.3) is 5.91 Å². The van der Waals surface area contributed by atoms with E-state index in [1.165, 1.54) is 11.3 Å². The maximum Gasteiger partial charge on any atom is 0.265 e. The minimum Gasteiger partial charge on any atom is -0.398 e. The predicted molar refractivity (Wildman–Crippen MR) is 87.2 cm³/mol. The van der Waals surface area contributed by atoms with E-state index < -0.39 is 0 Å². The largest absolute Gasteiger partial charge is 0.398 e. The number of hydrogen-bond donors (Lipinski definition) is 2. The van der Waals surface area contributed by atoms with Crippen LogP contribution in [0, 0.1) is 6.92 Å². The lowest BCUT2D eigenvalue weighted by molar-refractivity contribution is 0.103. The highest BCUT2D eigenvalue weighted by molar-refractivity contribution is 7.14. The van der Waals surface area contributed by atoms with Crippen LogP contribution in [0.4, 0.5) is 17.1 Å². The number of nitrogens with one attached hydrogen (secondary N) is 1. The Balaban J connectivity index is 2.18. The first-order chi connectivity index (χ1) is 9.38. The number of halogens is 1. The molecule has 0 saturated heterocycles. The van der Waals surface area contributed by atoms with Crippen LogP contribution in [0.15, 0.2) is 24.3 Å². The van der Waals surface area contributed by atoms with Crippen molar-refractivity contribution in [2.45, 2.75) is 6.92 Å². The molecule has 2 aromatic rings. The van der Waals surface area contributed by atoms with E-state index in [0.29, 0.717) is 21.3 Å². The molecule has 4 nitrogen and oxygen atoms in total. The second kappa shape index (κ2) is 5.73. The lowest BCUT2D eigenvalue weighted by Gasteiger charge is -2.15. The molecule has 1 aromatic carbocycles. The topological polar surface area (TPSA) is 58.4 Å². The lowest BCUT2D eigenvalue weighted by Crippen LogP contribution is -2.12. The average molecular weight is 310 g/mol. The third-order valence-corrected chi connectivity index (χ3v) is 4.24.